The molecule has 2 amide bonds. The molecule has 2 aromatic carbocycles. The summed E-state index contributed by atoms with van der Waals surface area (Å²) in [6.07, 6.45) is 3.45. The first-order valence-electron chi connectivity index (χ1n) is 10.00. The summed E-state index contributed by atoms with van der Waals surface area (Å²) >= 11 is 0. The van der Waals surface area contributed by atoms with Crippen LogP contribution < -0.4 is 10.6 Å². The van der Waals surface area contributed by atoms with Crippen molar-refractivity contribution in [1.82, 2.24) is 15.1 Å². The van der Waals surface area contributed by atoms with E-state index in [0.717, 1.165) is 29.8 Å². The second-order valence-electron chi connectivity index (χ2n) is 8.14. The molecule has 0 radical (unpaired) electrons. The lowest BCUT2D eigenvalue weighted by atomic mass is 9.81. The minimum absolute atomic E-state index is 0.0348. The third kappa shape index (κ3) is 3.40. The highest BCUT2D eigenvalue weighted by Gasteiger charge is 2.55. The van der Waals surface area contributed by atoms with E-state index < -0.39 is 23.3 Å². The van der Waals surface area contributed by atoms with Crippen LogP contribution in [0.2, 0.25) is 0 Å². The number of fused-ring (bicyclic) bond motifs is 2. The summed E-state index contributed by atoms with van der Waals surface area (Å²) < 4.78 is 46.3. The molecule has 5 rings (SSSR count). The first kappa shape index (κ1) is 19.5. The van der Waals surface area contributed by atoms with Gasteiger partial charge < -0.3 is 10.6 Å². The zero-order chi connectivity index (χ0) is 21.8. The van der Waals surface area contributed by atoms with E-state index in [1.165, 1.54) is 6.07 Å². The lowest BCUT2D eigenvalue weighted by molar-refractivity contribution is -0.0465. The van der Waals surface area contributed by atoms with Gasteiger partial charge >= 0.3 is 6.03 Å². The van der Waals surface area contributed by atoms with E-state index in [9.17, 15) is 13.6 Å². The molecule has 158 valence electrons. The van der Waals surface area contributed by atoms with Crippen molar-refractivity contribution in [2.75, 3.05) is 5.32 Å². The summed E-state index contributed by atoms with van der Waals surface area (Å²) in [7, 11) is 0. The summed E-state index contributed by atoms with van der Waals surface area (Å²) in [6, 6.07) is 9.09. The number of hydrogen-bond acceptors (Lipinski definition) is 2. The largest absolute Gasteiger partial charge is 0.320 e. The van der Waals surface area contributed by atoms with Gasteiger partial charge in [-0.25, -0.2) is 18.0 Å². The van der Waals surface area contributed by atoms with Crippen LogP contribution in [-0.2, 0) is 12.1 Å². The summed E-state index contributed by atoms with van der Waals surface area (Å²) in [4.78, 5) is 12.3. The number of carbonyl (C=O) groups excluding carboxylic acids is 1. The Hall–Kier alpha value is -3.47. The van der Waals surface area contributed by atoms with Crippen LogP contribution in [0, 0.1) is 23.6 Å². The molecule has 1 aliphatic carbocycles. The molecule has 1 aliphatic heterocycles. The van der Waals surface area contributed by atoms with Crippen molar-refractivity contribution in [2.24, 2.45) is 5.92 Å². The molecule has 2 heterocycles. The Kier molecular flexibility index (Phi) is 4.26. The van der Waals surface area contributed by atoms with Crippen LogP contribution in [-0.4, -0.2) is 21.7 Å². The number of urea groups is 1. The summed E-state index contributed by atoms with van der Waals surface area (Å²) in [5.41, 5.74) is -1.29. The molecule has 2 N–H and O–H groups in total. The fraction of sp³-hybridized carbons (Fsp3) is 0.304. The number of benzene rings is 2. The number of aromatic nitrogens is 2. The van der Waals surface area contributed by atoms with Gasteiger partial charge in [-0.15, -0.1) is 0 Å². The Bertz CT molecular complexity index is 1230. The quantitative estimate of drug-likeness (QED) is 0.603. The molecule has 1 saturated carbocycles. The Morgan fingerprint density at radius 1 is 1.29 bits per heavy atom. The van der Waals surface area contributed by atoms with Crippen molar-refractivity contribution in [3.05, 3.63) is 59.5 Å². The standard InChI is InChI=1S/C23H19F3N4O/c1-22(25,26)23(9-8-14-6-7-14)17-11-18(24)16(10-20(17)27-21(31)28-23)13-30-12-15-4-2-3-5-19(15)29-30/h2-5,10-12,14H,6-7,13H2,1H3,(H2,27,28,31)/t23-/m0/s1. The third-order valence-corrected chi connectivity index (χ3v) is 5.63. The fourth-order valence-corrected chi connectivity index (χ4v) is 3.81. The van der Waals surface area contributed by atoms with Gasteiger partial charge in [0, 0.05) is 41.2 Å². The number of halogens is 3. The maximum absolute atomic E-state index is 15.1. The lowest BCUT2D eigenvalue weighted by Crippen LogP contribution is -2.59. The van der Waals surface area contributed by atoms with Gasteiger partial charge in [0.25, 0.3) is 5.92 Å². The topological polar surface area (TPSA) is 59.0 Å². The van der Waals surface area contributed by atoms with Crippen LogP contribution in [0.5, 0.6) is 0 Å². The van der Waals surface area contributed by atoms with E-state index in [1.807, 2.05) is 24.3 Å². The van der Waals surface area contributed by atoms with Crippen molar-refractivity contribution >= 4 is 22.6 Å². The SMILES string of the molecule is CC(F)(F)[C@@]1(C#CC2CC2)NC(=O)Nc2cc(Cn3cc4ccccc4n3)c(F)cc21. The summed E-state index contributed by atoms with van der Waals surface area (Å²) in [5.74, 6) is 1.33. The molecule has 0 saturated heterocycles. The zero-order valence-electron chi connectivity index (χ0n) is 16.7. The minimum Gasteiger partial charge on any atom is -0.312 e. The molecule has 1 atom stereocenters. The molecule has 5 nitrogen and oxygen atoms in total. The number of nitrogens with zero attached hydrogens (tertiary/aromatic N) is 2. The van der Waals surface area contributed by atoms with Crippen LogP contribution in [0.4, 0.5) is 23.7 Å². The second-order valence-corrected chi connectivity index (χ2v) is 8.14. The van der Waals surface area contributed by atoms with E-state index in [2.05, 4.69) is 27.6 Å². The summed E-state index contributed by atoms with van der Waals surface area (Å²) in [5, 5.41) is 10.1. The van der Waals surface area contributed by atoms with Gasteiger partial charge in [0.2, 0.25) is 0 Å². The van der Waals surface area contributed by atoms with E-state index >= 15 is 4.39 Å². The molecule has 31 heavy (non-hydrogen) atoms. The average molecular weight is 424 g/mol. The number of carbonyl (C=O) groups is 1. The Labute approximate surface area is 176 Å². The average Bonchev–Trinajstić information content (AvgIpc) is 3.44. The van der Waals surface area contributed by atoms with Gasteiger partial charge in [0.15, 0.2) is 5.54 Å². The van der Waals surface area contributed by atoms with Gasteiger partial charge in [0.1, 0.15) is 5.82 Å². The highest BCUT2D eigenvalue weighted by atomic mass is 19.3. The van der Waals surface area contributed by atoms with Crippen molar-refractivity contribution in [1.29, 1.82) is 0 Å². The van der Waals surface area contributed by atoms with Gasteiger partial charge in [-0.05, 0) is 31.0 Å². The van der Waals surface area contributed by atoms with Crippen LogP contribution in [0.15, 0.2) is 42.6 Å². The first-order valence-corrected chi connectivity index (χ1v) is 10.00. The molecular formula is C23H19F3N4O. The highest BCUT2D eigenvalue weighted by Crippen LogP contribution is 2.44. The molecule has 3 aromatic rings. The minimum atomic E-state index is -3.44. The van der Waals surface area contributed by atoms with Gasteiger partial charge in [-0.3, -0.25) is 4.68 Å². The second kappa shape index (κ2) is 6.77. The van der Waals surface area contributed by atoms with Crippen molar-refractivity contribution in [2.45, 2.75) is 37.8 Å². The molecule has 0 unspecified atom stereocenters. The molecule has 0 spiro atoms. The third-order valence-electron chi connectivity index (χ3n) is 5.63. The number of hydrogen-bond donors (Lipinski definition) is 2. The zero-order valence-corrected chi connectivity index (χ0v) is 16.7. The maximum Gasteiger partial charge on any atom is 0.320 e. The Morgan fingerprint density at radius 3 is 2.77 bits per heavy atom. The molecule has 1 aromatic heterocycles. The van der Waals surface area contributed by atoms with Gasteiger partial charge in [-0.2, -0.15) is 5.10 Å². The summed E-state index contributed by atoms with van der Waals surface area (Å²) in [6.45, 7) is 0.769. The molecule has 2 aliphatic rings. The molecule has 1 fully saturated rings. The van der Waals surface area contributed by atoms with E-state index in [0.29, 0.717) is 6.92 Å². The highest BCUT2D eigenvalue weighted by molar-refractivity contribution is 5.95. The van der Waals surface area contributed by atoms with Crippen LogP contribution in [0.25, 0.3) is 10.9 Å². The van der Waals surface area contributed by atoms with Crippen LogP contribution in [0.3, 0.4) is 0 Å². The molecular weight excluding hydrogens is 405 g/mol. The van der Waals surface area contributed by atoms with E-state index in [-0.39, 0.29) is 29.3 Å². The monoisotopic (exact) mass is 424 g/mol. The van der Waals surface area contributed by atoms with Crippen molar-refractivity contribution < 1.29 is 18.0 Å². The number of rotatable bonds is 3. The predicted molar refractivity (Wildman–Crippen MR) is 110 cm³/mol. The number of nitrogens with one attached hydrogen (secondary N) is 2. The van der Waals surface area contributed by atoms with Gasteiger partial charge in [-0.1, -0.05) is 30.0 Å². The van der Waals surface area contributed by atoms with Crippen LogP contribution in [0.1, 0.15) is 30.9 Å². The number of anilines is 1. The molecule has 8 heteroatoms. The van der Waals surface area contributed by atoms with Crippen molar-refractivity contribution in [3.63, 3.8) is 0 Å². The predicted octanol–water partition coefficient (Wildman–Crippen LogP) is 4.62. The molecule has 0 bridgehead atoms. The Morgan fingerprint density at radius 2 is 2.06 bits per heavy atom. The maximum atomic E-state index is 15.1. The first-order chi connectivity index (χ1) is 14.7. The normalized spacial score (nSPS) is 20.5. The smallest absolute Gasteiger partial charge is 0.312 e. The van der Waals surface area contributed by atoms with E-state index in [1.54, 1.807) is 10.9 Å². The number of amides is 2. The van der Waals surface area contributed by atoms with E-state index in [4.69, 9.17) is 0 Å². The van der Waals surface area contributed by atoms with Crippen molar-refractivity contribution in [3.8, 4) is 11.8 Å². The fourth-order valence-electron chi connectivity index (χ4n) is 3.81. The van der Waals surface area contributed by atoms with Gasteiger partial charge in [0.05, 0.1) is 12.1 Å². The Balaban J connectivity index is 1.59. The number of alkyl halides is 2. The van der Waals surface area contributed by atoms with Crippen LogP contribution >= 0.6 is 0 Å². The lowest BCUT2D eigenvalue weighted by Gasteiger charge is -2.40.